The lowest BCUT2D eigenvalue weighted by Gasteiger charge is -2.36. The summed E-state index contributed by atoms with van der Waals surface area (Å²) in [6.45, 7) is 6.42. The summed E-state index contributed by atoms with van der Waals surface area (Å²) in [6.07, 6.45) is 1.50. The summed E-state index contributed by atoms with van der Waals surface area (Å²) in [5, 5.41) is 10.3. The standard InChI is InChI=1S/C12H20O3/c1-11(2)7-5-6-12(11,3)9(13)8(7)10(14)15-4/h7-9,13H,5-6H2,1-4H3/t7-,8+,9-,12+/m1/s1. The van der Waals surface area contributed by atoms with E-state index < -0.39 is 6.10 Å². The Hall–Kier alpha value is -0.570. The molecule has 2 aliphatic rings. The zero-order valence-electron chi connectivity index (χ0n) is 9.91. The van der Waals surface area contributed by atoms with Gasteiger partial charge >= 0.3 is 5.97 Å². The van der Waals surface area contributed by atoms with Crippen LogP contribution in [0.1, 0.15) is 33.6 Å². The number of fused-ring (bicyclic) bond motifs is 2. The quantitative estimate of drug-likeness (QED) is 0.671. The maximum Gasteiger partial charge on any atom is 0.311 e. The van der Waals surface area contributed by atoms with Gasteiger partial charge in [0.2, 0.25) is 0 Å². The minimum Gasteiger partial charge on any atom is -0.469 e. The van der Waals surface area contributed by atoms with E-state index in [1.165, 1.54) is 7.11 Å². The third kappa shape index (κ3) is 1.07. The number of hydrogen-bond donors (Lipinski definition) is 1. The Labute approximate surface area is 90.8 Å². The van der Waals surface area contributed by atoms with Crippen molar-refractivity contribution < 1.29 is 14.6 Å². The second kappa shape index (κ2) is 2.97. The van der Waals surface area contributed by atoms with Crippen LogP contribution in [-0.2, 0) is 9.53 Å². The minimum atomic E-state index is -0.543. The van der Waals surface area contributed by atoms with Crippen LogP contribution in [0.4, 0.5) is 0 Å². The van der Waals surface area contributed by atoms with Crippen molar-refractivity contribution in [2.75, 3.05) is 7.11 Å². The van der Waals surface area contributed by atoms with Crippen molar-refractivity contribution in [1.82, 2.24) is 0 Å². The monoisotopic (exact) mass is 212 g/mol. The molecule has 2 aliphatic carbocycles. The molecule has 0 aliphatic heterocycles. The summed E-state index contributed by atoms with van der Waals surface area (Å²) in [6, 6.07) is 0. The molecule has 3 nitrogen and oxygen atoms in total. The van der Waals surface area contributed by atoms with Gasteiger partial charge in [-0.1, -0.05) is 20.8 Å². The van der Waals surface area contributed by atoms with Crippen molar-refractivity contribution in [2.24, 2.45) is 22.7 Å². The van der Waals surface area contributed by atoms with Crippen molar-refractivity contribution in [3.8, 4) is 0 Å². The second-order valence-corrected chi connectivity index (χ2v) is 5.78. The Morgan fingerprint density at radius 2 is 2.00 bits per heavy atom. The number of aliphatic hydroxyl groups is 1. The van der Waals surface area contributed by atoms with Gasteiger partial charge < -0.3 is 9.84 Å². The Bertz CT molecular complexity index is 297. The molecule has 0 radical (unpaired) electrons. The van der Waals surface area contributed by atoms with Crippen molar-refractivity contribution in [3.63, 3.8) is 0 Å². The molecule has 0 unspecified atom stereocenters. The number of carbonyl (C=O) groups is 1. The van der Waals surface area contributed by atoms with Crippen molar-refractivity contribution in [2.45, 2.75) is 39.7 Å². The van der Waals surface area contributed by atoms with Gasteiger partial charge in [0.05, 0.1) is 19.1 Å². The molecule has 0 aromatic carbocycles. The topological polar surface area (TPSA) is 46.5 Å². The lowest BCUT2D eigenvalue weighted by atomic mass is 9.70. The van der Waals surface area contributed by atoms with Gasteiger partial charge in [0.15, 0.2) is 0 Å². The van der Waals surface area contributed by atoms with Crippen LogP contribution >= 0.6 is 0 Å². The van der Waals surface area contributed by atoms with Gasteiger partial charge in [0.25, 0.3) is 0 Å². The third-order valence-electron chi connectivity index (χ3n) is 5.27. The summed E-state index contributed by atoms with van der Waals surface area (Å²) < 4.78 is 4.80. The first-order chi connectivity index (χ1) is 6.86. The largest absolute Gasteiger partial charge is 0.469 e. The fourth-order valence-corrected chi connectivity index (χ4v) is 3.76. The first-order valence-electron chi connectivity index (χ1n) is 5.62. The van der Waals surface area contributed by atoms with E-state index in [0.29, 0.717) is 0 Å². The van der Waals surface area contributed by atoms with E-state index in [2.05, 4.69) is 20.8 Å². The lowest BCUT2D eigenvalue weighted by Crippen LogP contribution is -2.40. The van der Waals surface area contributed by atoms with Gasteiger partial charge in [-0.2, -0.15) is 0 Å². The summed E-state index contributed by atoms with van der Waals surface area (Å²) in [7, 11) is 1.40. The number of aliphatic hydroxyl groups excluding tert-OH is 1. The number of ether oxygens (including phenoxy) is 1. The molecule has 2 fully saturated rings. The van der Waals surface area contributed by atoms with E-state index in [9.17, 15) is 9.90 Å². The highest BCUT2D eigenvalue weighted by molar-refractivity contribution is 5.74. The normalized spacial score (nSPS) is 46.9. The lowest BCUT2D eigenvalue weighted by molar-refractivity contribution is -0.153. The Morgan fingerprint density at radius 1 is 1.40 bits per heavy atom. The number of methoxy groups -OCH3 is 1. The van der Waals surface area contributed by atoms with Gasteiger partial charge in [-0.3, -0.25) is 4.79 Å². The molecule has 4 atom stereocenters. The molecule has 15 heavy (non-hydrogen) atoms. The van der Waals surface area contributed by atoms with E-state index in [1.807, 2.05) is 0 Å². The van der Waals surface area contributed by atoms with E-state index >= 15 is 0 Å². The maximum absolute atomic E-state index is 11.7. The summed E-state index contributed by atoms with van der Waals surface area (Å²) in [5.74, 6) is -0.294. The highest BCUT2D eigenvalue weighted by Crippen LogP contribution is 2.67. The molecule has 0 aromatic rings. The van der Waals surface area contributed by atoms with E-state index in [-0.39, 0.29) is 28.6 Å². The summed E-state index contributed by atoms with van der Waals surface area (Å²) >= 11 is 0. The van der Waals surface area contributed by atoms with E-state index in [4.69, 9.17) is 4.74 Å². The zero-order chi connectivity index (χ0) is 11.4. The molecule has 0 heterocycles. The van der Waals surface area contributed by atoms with Crippen LogP contribution in [0.25, 0.3) is 0 Å². The highest BCUT2D eigenvalue weighted by atomic mass is 16.5. The first kappa shape index (κ1) is 10.9. The predicted octanol–water partition coefficient (Wildman–Crippen LogP) is 1.59. The number of hydrogen-bond acceptors (Lipinski definition) is 3. The van der Waals surface area contributed by atoms with Crippen LogP contribution < -0.4 is 0 Å². The van der Waals surface area contributed by atoms with Crippen LogP contribution in [0.5, 0.6) is 0 Å². The number of rotatable bonds is 1. The summed E-state index contributed by atoms with van der Waals surface area (Å²) in [4.78, 5) is 11.7. The average molecular weight is 212 g/mol. The fourth-order valence-electron chi connectivity index (χ4n) is 3.76. The molecule has 0 saturated heterocycles. The van der Waals surface area contributed by atoms with E-state index in [1.54, 1.807) is 0 Å². The number of carbonyl (C=O) groups excluding carboxylic acids is 1. The van der Waals surface area contributed by atoms with Crippen molar-refractivity contribution >= 4 is 5.97 Å². The van der Waals surface area contributed by atoms with Gasteiger partial charge in [-0.25, -0.2) is 0 Å². The molecule has 0 amide bonds. The van der Waals surface area contributed by atoms with Gasteiger partial charge in [0.1, 0.15) is 0 Å². The molecule has 86 valence electrons. The molecular weight excluding hydrogens is 192 g/mol. The first-order valence-corrected chi connectivity index (χ1v) is 5.62. The Morgan fingerprint density at radius 3 is 2.40 bits per heavy atom. The van der Waals surface area contributed by atoms with E-state index in [0.717, 1.165) is 12.8 Å². The second-order valence-electron chi connectivity index (χ2n) is 5.78. The fraction of sp³-hybridized carbons (Fsp3) is 0.917. The van der Waals surface area contributed by atoms with Crippen molar-refractivity contribution in [3.05, 3.63) is 0 Å². The van der Waals surface area contributed by atoms with Crippen LogP contribution in [0, 0.1) is 22.7 Å². The van der Waals surface area contributed by atoms with Crippen LogP contribution in [0.15, 0.2) is 0 Å². The van der Waals surface area contributed by atoms with Gasteiger partial charge in [0, 0.05) is 0 Å². The van der Waals surface area contributed by atoms with Gasteiger partial charge in [-0.05, 0) is 29.6 Å². The SMILES string of the molecule is COC(=O)[C@H]1[C@H]2CC[C@@](C)([C@@H]1O)C2(C)C. The molecule has 0 aromatic heterocycles. The molecule has 0 spiro atoms. The Balaban J connectivity index is 2.38. The van der Waals surface area contributed by atoms with Crippen LogP contribution in [0.3, 0.4) is 0 Å². The smallest absolute Gasteiger partial charge is 0.311 e. The molecule has 2 rings (SSSR count). The summed E-state index contributed by atoms with van der Waals surface area (Å²) in [5.41, 5.74) is -0.0954. The Kier molecular flexibility index (Phi) is 2.16. The molecular formula is C12H20O3. The minimum absolute atomic E-state index is 0.0330. The zero-order valence-corrected chi connectivity index (χ0v) is 9.91. The average Bonchev–Trinajstić information content (AvgIpc) is 2.48. The van der Waals surface area contributed by atoms with Crippen molar-refractivity contribution in [1.29, 1.82) is 0 Å². The number of esters is 1. The predicted molar refractivity (Wildman–Crippen MR) is 56.1 cm³/mol. The van der Waals surface area contributed by atoms with Crippen LogP contribution in [0.2, 0.25) is 0 Å². The third-order valence-corrected chi connectivity index (χ3v) is 5.27. The maximum atomic E-state index is 11.7. The molecule has 3 heteroatoms. The van der Waals surface area contributed by atoms with Crippen LogP contribution in [-0.4, -0.2) is 24.3 Å². The highest BCUT2D eigenvalue weighted by Gasteiger charge is 2.67. The van der Waals surface area contributed by atoms with Gasteiger partial charge in [-0.15, -0.1) is 0 Å². The molecule has 1 N–H and O–H groups in total. The molecule has 2 saturated carbocycles. The molecule has 2 bridgehead atoms.